The zero-order chi connectivity index (χ0) is 25.2. The maximum absolute atomic E-state index is 15.2. The number of thiophene rings is 1. The van der Waals surface area contributed by atoms with Crippen molar-refractivity contribution in [2.24, 2.45) is 5.92 Å². The second-order valence-electron chi connectivity index (χ2n) is 9.58. The predicted octanol–water partition coefficient (Wildman–Crippen LogP) is 5.25. The van der Waals surface area contributed by atoms with Crippen molar-refractivity contribution in [3.05, 3.63) is 58.7 Å². The van der Waals surface area contributed by atoms with Crippen LogP contribution in [0.4, 0.5) is 9.18 Å². The van der Waals surface area contributed by atoms with Gasteiger partial charge in [0.1, 0.15) is 11.6 Å². The largest absolute Gasteiger partial charge is 0.429 e. The molecule has 0 bridgehead atoms. The first-order chi connectivity index (χ1) is 15.9. The summed E-state index contributed by atoms with van der Waals surface area (Å²) in [6.07, 6.45) is 3.28. The van der Waals surface area contributed by atoms with Crippen LogP contribution in [0.25, 0.3) is 11.1 Å². The van der Waals surface area contributed by atoms with E-state index in [-0.39, 0.29) is 16.3 Å². The lowest BCUT2D eigenvalue weighted by Gasteiger charge is -2.20. The van der Waals surface area contributed by atoms with Gasteiger partial charge in [-0.05, 0) is 30.0 Å². The van der Waals surface area contributed by atoms with Crippen LogP contribution >= 0.6 is 11.3 Å². The number of benzene rings is 1. The summed E-state index contributed by atoms with van der Waals surface area (Å²) in [6.45, 7) is 10.6. The monoisotopic (exact) mass is 507 g/mol. The lowest BCUT2D eigenvalue weighted by molar-refractivity contribution is 0.187. The number of hydrogen-bond donors (Lipinski definition) is 1. The van der Waals surface area contributed by atoms with Gasteiger partial charge in [0.25, 0.3) is 0 Å². The number of nitrogens with zero attached hydrogens (tertiary/aromatic N) is 3. The van der Waals surface area contributed by atoms with Crippen molar-refractivity contribution in [2.75, 3.05) is 7.05 Å². The van der Waals surface area contributed by atoms with E-state index in [1.54, 1.807) is 18.3 Å². The van der Waals surface area contributed by atoms with E-state index in [0.29, 0.717) is 33.5 Å². The summed E-state index contributed by atoms with van der Waals surface area (Å²) in [5.74, 6) is 0.835. The van der Waals surface area contributed by atoms with E-state index in [9.17, 15) is 13.2 Å². The van der Waals surface area contributed by atoms with Crippen molar-refractivity contribution in [3.8, 4) is 16.2 Å². The normalized spacial score (nSPS) is 11.9. The van der Waals surface area contributed by atoms with Gasteiger partial charge >= 0.3 is 6.09 Å². The van der Waals surface area contributed by atoms with Crippen molar-refractivity contribution >= 4 is 28.3 Å². The van der Waals surface area contributed by atoms with Gasteiger partial charge < -0.3 is 9.30 Å². The lowest BCUT2D eigenvalue weighted by atomic mass is 9.95. The molecule has 0 radical (unpaired) electrons. The summed E-state index contributed by atoms with van der Waals surface area (Å²) < 4.78 is 45.3. The van der Waals surface area contributed by atoms with E-state index >= 15 is 4.39 Å². The molecule has 1 aromatic carbocycles. The van der Waals surface area contributed by atoms with E-state index in [2.05, 4.69) is 39.6 Å². The van der Waals surface area contributed by atoms with Crippen molar-refractivity contribution < 1.29 is 22.3 Å². The number of carbonyl (C=O) groups is 1. The molecule has 184 valence electrons. The number of halogens is 1. The first kappa shape index (κ1) is 25.9. The molecule has 0 atom stereocenters. The Morgan fingerprint density at radius 1 is 1.26 bits per heavy atom. The maximum Gasteiger partial charge on any atom is 0.429 e. The maximum atomic E-state index is 15.2. The minimum atomic E-state index is -3.11. The molecule has 7 nitrogen and oxygen atoms in total. The topological polar surface area (TPSA) is 81.5 Å². The second kappa shape index (κ2) is 10.3. The van der Waals surface area contributed by atoms with E-state index < -0.39 is 17.0 Å². The van der Waals surface area contributed by atoms with Gasteiger partial charge in [-0.15, -0.1) is 11.3 Å². The van der Waals surface area contributed by atoms with Crippen LogP contribution in [-0.4, -0.2) is 35.4 Å². The smallest absolute Gasteiger partial charge is 0.398 e. The third-order valence-corrected chi connectivity index (χ3v) is 6.83. The Bertz CT molecular complexity index is 1250. The molecule has 3 rings (SSSR count). The van der Waals surface area contributed by atoms with Gasteiger partial charge in [-0.25, -0.2) is 26.9 Å². The van der Waals surface area contributed by atoms with Crippen LogP contribution in [0.1, 0.15) is 50.9 Å². The molecule has 0 saturated heterocycles. The SMILES string of the molecule is CC(C)Cc1cc(-c2ccc(Cn3ccnc3C(C)(C)C)c(F)c2)c(OC(=O)N(C)[SH](=O)=O)s1. The molecule has 3 aromatic rings. The van der Waals surface area contributed by atoms with Crippen LogP contribution in [0.2, 0.25) is 0 Å². The van der Waals surface area contributed by atoms with Gasteiger partial charge in [-0.1, -0.05) is 46.8 Å². The number of ether oxygens (including phenoxy) is 1. The highest BCUT2D eigenvalue weighted by Crippen LogP contribution is 2.40. The number of hydrogen-bond acceptors (Lipinski definition) is 6. The zero-order valence-electron chi connectivity index (χ0n) is 20.2. The van der Waals surface area contributed by atoms with Gasteiger partial charge in [0.05, 0.1) is 6.54 Å². The molecule has 0 unspecified atom stereocenters. The molecule has 10 heteroatoms. The van der Waals surface area contributed by atoms with Gasteiger partial charge in [0.15, 0.2) is 5.06 Å². The van der Waals surface area contributed by atoms with Crippen LogP contribution in [0.3, 0.4) is 0 Å². The molecule has 34 heavy (non-hydrogen) atoms. The zero-order valence-corrected chi connectivity index (χ0v) is 21.9. The minimum absolute atomic E-state index is 0.177. The van der Waals surface area contributed by atoms with Crippen molar-refractivity contribution in [1.82, 2.24) is 13.9 Å². The number of thiol groups is 1. The van der Waals surface area contributed by atoms with Crippen molar-refractivity contribution in [3.63, 3.8) is 0 Å². The highest BCUT2D eigenvalue weighted by molar-refractivity contribution is 7.70. The Balaban J connectivity index is 1.94. The van der Waals surface area contributed by atoms with Crippen LogP contribution in [0, 0.1) is 11.7 Å². The van der Waals surface area contributed by atoms with E-state index in [1.165, 1.54) is 17.4 Å². The highest BCUT2D eigenvalue weighted by Gasteiger charge is 2.22. The average molecular weight is 508 g/mol. The third-order valence-electron chi connectivity index (χ3n) is 5.14. The fourth-order valence-electron chi connectivity index (χ4n) is 3.52. The summed E-state index contributed by atoms with van der Waals surface area (Å²) in [6, 6.07) is 6.78. The van der Waals surface area contributed by atoms with Crippen molar-refractivity contribution in [2.45, 2.75) is 53.0 Å². The molecule has 0 aliphatic rings. The summed E-state index contributed by atoms with van der Waals surface area (Å²) in [4.78, 5) is 17.6. The van der Waals surface area contributed by atoms with Crippen LogP contribution in [0.5, 0.6) is 5.06 Å². The molecule has 0 spiro atoms. The molecular weight excluding hydrogens is 477 g/mol. The number of imidazole rings is 1. The summed E-state index contributed by atoms with van der Waals surface area (Å²) in [5, 5.41) is 0.237. The Labute approximate surface area is 205 Å². The number of carbonyl (C=O) groups excluding carboxylic acids is 1. The summed E-state index contributed by atoms with van der Waals surface area (Å²) in [5.41, 5.74) is 1.42. The van der Waals surface area contributed by atoms with E-state index in [1.807, 2.05) is 16.8 Å². The molecule has 0 saturated carbocycles. The molecule has 0 fully saturated rings. The van der Waals surface area contributed by atoms with E-state index in [0.717, 1.165) is 24.2 Å². The quantitative estimate of drug-likeness (QED) is 0.442. The van der Waals surface area contributed by atoms with Gasteiger partial charge in [0.2, 0.25) is 10.9 Å². The van der Waals surface area contributed by atoms with Crippen LogP contribution < -0.4 is 4.74 Å². The van der Waals surface area contributed by atoms with Gasteiger partial charge in [-0.3, -0.25) is 0 Å². The number of amides is 1. The summed E-state index contributed by atoms with van der Waals surface area (Å²) in [7, 11) is -2.00. The number of rotatable bonds is 7. The molecule has 2 aromatic heterocycles. The number of aromatic nitrogens is 2. The first-order valence-corrected chi connectivity index (χ1v) is 12.8. The highest BCUT2D eigenvalue weighted by atomic mass is 32.2. The Morgan fingerprint density at radius 3 is 2.56 bits per heavy atom. The van der Waals surface area contributed by atoms with Gasteiger partial charge in [0, 0.05) is 40.9 Å². The molecule has 0 N–H and O–H groups in total. The molecule has 0 aliphatic heterocycles. The first-order valence-electron chi connectivity index (χ1n) is 10.9. The Hall–Kier alpha value is -2.72. The average Bonchev–Trinajstić information content (AvgIpc) is 3.35. The third kappa shape index (κ3) is 6.04. The fraction of sp³-hybridized carbons (Fsp3) is 0.417. The predicted molar refractivity (Wildman–Crippen MR) is 132 cm³/mol. The molecule has 0 aliphatic carbocycles. The van der Waals surface area contributed by atoms with Crippen molar-refractivity contribution in [1.29, 1.82) is 0 Å². The Morgan fingerprint density at radius 2 is 1.97 bits per heavy atom. The van der Waals surface area contributed by atoms with Gasteiger partial charge in [-0.2, -0.15) is 0 Å². The second-order valence-corrected chi connectivity index (χ2v) is 11.8. The standard InChI is InChI=1S/C24H30FN3O4S2/c1-15(2)11-18-13-19(21(33-18)32-23(29)27(6)34(30)31)16-7-8-17(20(25)12-16)14-28-10-9-26-22(28)24(3,4)5/h7-10,12-13,15,34H,11,14H2,1-6H3. The minimum Gasteiger partial charge on any atom is -0.398 e. The fourth-order valence-corrected chi connectivity index (χ4v) is 4.93. The van der Waals surface area contributed by atoms with Crippen LogP contribution in [0.15, 0.2) is 36.7 Å². The molecule has 1 amide bonds. The summed E-state index contributed by atoms with van der Waals surface area (Å²) >= 11 is 1.26. The Kier molecular flexibility index (Phi) is 7.82. The lowest BCUT2D eigenvalue weighted by Crippen LogP contribution is -2.28. The van der Waals surface area contributed by atoms with E-state index in [4.69, 9.17) is 4.74 Å². The van der Waals surface area contributed by atoms with Crippen LogP contribution in [-0.2, 0) is 29.3 Å². The molecular formula is C24H30FN3O4S2. The molecule has 2 heterocycles.